The first-order chi connectivity index (χ1) is 9.74. The van der Waals surface area contributed by atoms with Gasteiger partial charge in [-0.05, 0) is 62.5 Å². The van der Waals surface area contributed by atoms with Gasteiger partial charge in [0.1, 0.15) is 11.5 Å². The van der Waals surface area contributed by atoms with Crippen molar-refractivity contribution in [3.05, 3.63) is 45.0 Å². The Bertz CT molecular complexity index is 662. The quantitative estimate of drug-likeness (QED) is 0.639. The van der Waals surface area contributed by atoms with E-state index in [4.69, 9.17) is 4.74 Å². The van der Waals surface area contributed by atoms with Gasteiger partial charge in [-0.1, -0.05) is 0 Å². The predicted molar refractivity (Wildman–Crippen MR) is 77.6 cm³/mol. The van der Waals surface area contributed by atoms with Crippen LogP contribution in [-0.2, 0) is 0 Å². The van der Waals surface area contributed by atoms with Crippen LogP contribution >= 0.6 is 31.9 Å². The third-order valence-corrected chi connectivity index (χ3v) is 3.82. The summed E-state index contributed by atoms with van der Waals surface area (Å²) >= 11 is 6.32. The summed E-state index contributed by atoms with van der Waals surface area (Å²) in [4.78, 5) is 4.05. The number of hydrogen-bond donors (Lipinski definition) is 0. The minimum absolute atomic E-state index is 0.131. The third kappa shape index (κ3) is 4.60. The van der Waals surface area contributed by atoms with Crippen LogP contribution in [0.2, 0.25) is 0 Å². The molecule has 1 heterocycles. The van der Waals surface area contributed by atoms with Crippen molar-refractivity contribution in [3.8, 4) is 17.4 Å². The third-order valence-electron chi connectivity index (χ3n) is 2.37. The van der Waals surface area contributed by atoms with Gasteiger partial charge in [0, 0.05) is 16.7 Å². The van der Waals surface area contributed by atoms with E-state index in [-0.39, 0.29) is 10.2 Å². The molecular formula is C13H8Br2F3NO2. The van der Waals surface area contributed by atoms with E-state index < -0.39 is 6.36 Å². The Kier molecular flexibility index (Phi) is 4.77. The lowest BCUT2D eigenvalue weighted by Gasteiger charge is -2.12. The standard InChI is InChI=1S/C13H8Br2F3NO2/c1-7-4-12(19-6-10(7)15)20-8-2-3-11(9(14)5-8)21-13(16,17)18/h2-6H,1H3. The van der Waals surface area contributed by atoms with Crippen molar-refractivity contribution >= 4 is 31.9 Å². The normalized spacial score (nSPS) is 11.3. The molecule has 112 valence electrons. The summed E-state index contributed by atoms with van der Waals surface area (Å²) in [5.41, 5.74) is 0.927. The van der Waals surface area contributed by atoms with Gasteiger partial charge in [-0.2, -0.15) is 0 Å². The Balaban J connectivity index is 2.18. The van der Waals surface area contributed by atoms with E-state index in [9.17, 15) is 13.2 Å². The van der Waals surface area contributed by atoms with Gasteiger partial charge < -0.3 is 9.47 Å². The molecule has 0 bridgehead atoms. The van der Waals surface area contributed by atoms with E-state index >= 15 is 0 Å². The molecular weight excluding hydrogens is 419 g/mol. The number of hydrogen-bond acceptors (Lipinski definition) is 3. The van der Waals surface area contributed by atoms with Crippen molar-refractivity contribution in [1.82, 2.24) is 4.98 Å². The maximum atomic E-state index is 12.2. The van der Waals surface area contributed by atoms with E-state index in [1.807, 2.05) is 6.92 Å². The Morgan fingerprint density at radius 2 is 1.81 bits per heavy atom. The average Bonchev–Trinajstić information content (AvgIpc) is 2.36. The van der Waals surface area contributed by atoms with Crippen LogP contribution in [0.3, 0.4) is 0 Å². The van der Waals surface area contributed by atoms with E-state index in [2.05, 4.69) is 41.6 Å². The van der Waals surface area contributed by atoms with Crippen LogP contribution in [0.5, 0.6) is 17.4 Å². The van der Waals surface area contributed by atoms with Gasteiger partial charge >= 0.3 is 6.36 Å². The molecule has 2 rings (SSSR count). The summed E-state index contributed by atoms with van der Waals surface area (Å²) in [6, 6.07) is 5.61. The van der Waals surface area contributed by atoms with Gasteiger partial charge in [-0.25, -0.2) is 4.98 Å². The van der Waals surface area contributed by atoms with Crippen molar-refractivity contribution in [2.45, 2.75) is 13.3 Å². The molecule has 0 saturated carbocycles. The molecule has 3 nitrogen and oxygen atoms in total. The Labute approximate surface area is 135 Å². The zero-order valence-corrected chi connectivity index (χ0v) is 13.7. The molecule has 21 heavy (non-hydrogen) atoms. The molecule has 1 aromatic carbocycles. The topological polar surface area (TPSA) is 31.4 Å². The molecule has 0 unspecified atom stereocenters. The Morgan fingerprint density at radius 1 is 1.10 bits per heavy atom. The number of pyridine rings is 1. The fourth-order valence-corrected chi connectivity index (χ4v) is 2.10. The highest BCUT2D eigenvalue weighted by atomic mass is 79.9. The zero-order chi connectivity index (χ0) is 15.6. The van der Waals surface area contributed by atoms with Gasteiger partial charge in [0.15, 0.2) is 0 Å². The van der Waals surface area contributed by atoms with Crippen LogP contribution in [0.25, 0.3) is 0 Å². The van der Waals surface area contributed by atoms with E-state index in [0.717, 1.165) is 10.0 Å². The monoisotopic (exact) mass is 425 g/mol. The second kappa shape index (κ2) is 6.23. The molecule has 0 saturated heterocycles. The molecule has 0 aliphatic carbocycles. The highest BCUT2D eigenvalue weighted by molar-refractivity contribution is 9.10. The highest BCUT2D eigenvalue weighted by Crippen LogP contribution is 2.34. The van der Waals surface area contributed by atoms with Gasteiger partial charge in [0.25, 0.3) is 0 Å². The number of aromatic nitrogens is 1. The molecule has 0 aliphatic heterocycles. The van der Waals surface area contributed by atoms with Crippen molar-refractivity contribution in [3.63, 3.8) is 0 Å². The summed E-state index contributed by atoms with van der Waals surface area (Å²) in [5.74, 6) is 0.340. The lowest BCUT2D eigenvalue weighted by Crippen LogP contribution is -2.17. The molecule has 1 aromatic heterocycles. The number of benzene rings is 1. The first kappa shape index (κ1) is 16.1. The van der Waals surface area contributed by atoms with Crippen molar-refractivity contribution in [2.24, 2.45) is 0 Å². The van der Waals surface area contributed by atoms with Crippen LogP contribution in [-0.4, -0.2) is 11.3 Å². The number of rotatable bonds is 3. The zero-order valence-electron chi connectivity index (χ0n) is 10.5. The smallest absolute Gasteiger partial charge is 0.439 e. The maximum Gasteiger partial charge on any atom is 0.573 e. The molecule has 0 radical (unpaired) electrons. The van der Waals surface area contributed by atoms with Crippen LogP contribution in [0, 0.1) is 6.92 Å². The number of alkyl halides is 3. The molecule has 0 aliphatic rings. The van der Waals surface area contributed by atoms with Crippen LogP contribution < -0.4 is 9.47 Å². The summed E-state index contributed by atoms with van der Waals surface area (Å²) in [5, 5.41) is 0. The second-order valence-corrected chi connectivity index (χ2v) is 5.72. The molecule has 0 atom stereocenters. The van der Waals surface area contributed by atoms with Crippen LogP contribution in [0.4, 0.5) is 13.2 Å². The lowest BCUT2D eigenvalue weighted by atomic mass is 10.3. The molecule has 0 amide bonds. The lowest BCUT2D eigenvalue weighted by molar-refractivity contribution is -0.274. The van der Waals surface area contributed by atoms with E-state index in [1.165, 1.54) is 18.2 Å². The average molecular weight is 427 g/mol. The molecule has 0 fully saturated rings. The predicted octanol–water partition coefficient (Wildman–Crippen LogP) is 5.61. The maximum absolute atomic E-state index is 12.2. The largest absolute Gasteiger partial charge is 0.573 e. The summed E-state index contributed by atoms with van der Waals surface area (Å²) < 4.78 is 46.8. The number of nitrogens with zero attached hydrogens (tertiary/aromatic N) is 1. The Hall–Kier alpha value is -1.28. The van der Waals surface area contributed by atoms with Gasteiger partial charge in [0.05, 0.1) is 4.47 Å². The fourth-order valence-electron chi connectivity index (χ4n) is 1.44. The van der Waals surface area contributed by atoms with Crippen molar-refractivity contribution in [1.29, 1.82) is 0 Å². The number of ether oxygens (including phenoxy) is 2. The van der Waals surface area contributed by atoms with Gasteiger partial charge in [-0.3, -0.25) is 0 Å². The van der Waals surface area contributed by atoms with Crippen LogP contribution in [0.15, 0.2) is 39.4 Å². The first-order valence-electron chi connectivity index (χ1n) is 5.60. The van der Waals surface area contributed by atoms with Crippen molar-refractivity contribution in [2.75, 3.05) is 0 Å². The molecule has 0 N–H and O–H groups in total. The molecule has 0 spiro atoms. The van der Waals surface area contributed by atoms with Gasteiger partial charge in [-0.15, -0.1) is 13.2 Å². The summed E-state index contributed by atoms with van der Waals surface area (Å²) in [6.45, 7) is 1.87. The minimum atomic E-state index is -4.74. The molecule has 2 aromatic rings. The summed E-state index contributed by atoms with van der Waals surface area (Å²) in [6.07, 6.45) is -3.16. The summed E-state index contributed by atoms with van der Waals surface area (Å²) in [7, 11) is 0. The van der Waals surface area contributed by atoms with E-state index in [1.54, 1.807) is 12.3 Å². The highest BCUT2D eigenvalue weighted by Gasteiger charge is 2.32. The molecule has 8 heteroatoms. The van der Waals surface area contributed by atoms with Crippen molar-refractivity contribution < 1.29 is 22.6 Å². The second-order valence-electron chi connectivity index (χ2n) is 4.01. The van der Waals surface area contributed by atoms with Crippen LogP contribution in [0.1, 0.15) is 5.56 Å². The number of aryl methyl sites for hydroxylation is 1. The first-order valence-corrected chi connectivity index (χ1v) is 7.18. The number of halogens is 5. The Morgan fingerprint density at radius 3 is 2.38 bits per heavy atom. The van der Waals surface area contributed by atoms with E-state index in [0.29, 0.717) is 11.6 Å². The minimum Gasteiger partial charge on any atom is -0.439 e. The van der Waals surface area contributed by atoms with Gasteiger partial charge in [0.2, 0.25) is 5.88 Å². The fraction of sp³-hybridized carbons (Fsp3) is 0.154. The SMILES string of the molecule is Cc1cc(Oc2ccc(OC(F)(F)F)c(Br)c2)ncc1Br.